The molecule has 0 aromatic heterocycles. The second-order valence-corrected chi connectivity index (χ2v) is 9.08. The van der Waals surface area contributed by atoms with E-state index in [2.05, 4.69) is 42.8 Å². The Kier molecular flexibility index (Phi) is 5.16. The maximum absolute atomic E-state index is 3.82. The van der Waals surface area contributed by atoms with Crippen molar-refractivity contribution >= 4 is 0 Å². The van der Waals surface area contributed by atoms with Crippen molar-refractivity contribution in [3.05, 3.63) is 0 Å². The van der Waals surface area contributed by atoms with Gasteiger partial charge in [-0.25, -0.2) is 0 Å². The smallest absolute Gasteiger partial charge is 0.0151 e. The molecule has 0 radical (unpaired) electrons. The van der Waals surface area contributed by atoms with Crippen LogP contribution >= 0.6 is 0 Å². The van der Waals surface area contributed by atoms with Gasteiger partial charge in [-0.1, -0.05) is 27.7 Å². The number of hydrogen-bond donors (Lipinski definition) is 1. The minimum absolute atomic E-state index is 0.418. The van der Waals surface area contributed by atoms with Gasteiger partial charge in [0.15, 0.2) is 0 Å². The second kappa shape index (κ2) is 6.78. The third-order valence-corrected chi connectivity index (χ3v) is 5.80. The zero-order valence-corrected chi connectivity index (χ0v) is 15.3. The van der Waals surface area contributed by atoms with Crippen LogP contribution in [0.4, 0.5) is 0 Å². The van der Waals surface area contributed by atoms with Crippen molar-refractivity contribution in [1.29, 1.82) is 0 Å². The molecule has 3 fully saturated rings. The van der Waals surface area contributed by atoms with E-state index in [4.69, 9.17) is 0 Å². The van der Waals surface area contributed by atoms with Gasteiger partial charge in [-0.15, -0.1) is 0 Å². The summed E-state index contributed by atoms with van der Waals surface area (Å²) in [5.41, 5.74) is 0.418. The Bertz CT molecular complexity index is 358. The van der Waals surface area contributed by atoms with Gasteiger partial charge in [0.05, 0.1) is 0 Å². The van der Waals surface area contributed by atoms with Crippen LogP contribution in [0.2, 0.25) is 0 Å². The molecule has 2 saturated heterocycles. The van der Waals surface area contributed by atoms with Crippen LogP contribution in [0, 0.1) is 11.3 Å². The minimum Gasteiger partial charge on any atom is -0.314 e. The lowest BCUT2D eigenvalue weighted by atomic mass is 9.83. The summed E-state index contributed by atoms with van der Waals surface area (Å²) in [6, 6.07) is 2.48. The van der Waals surface area contributed by atoms with Gasteiger partial charge in [0.25, 0.3) is 0 Å². The van der Waals surface area contributed by atoms with Crippen LogP contribution in [0.1, 0.15) is 59.8 Å². The first-order chi connectivity index (χ1) is 10.5. The summed E-state index contributed by atoms with van der Waals surface area (Å²) in [7, 11) is 0. The number of nitrogens with zero attached hydrogens (tertiary/aromatic N) is 2. The molecule has 3 atom stereocenters. The maximum atomic E-state index is 3.82. The number of hydrogen-bond acceptors (Lipinski definition) is 3. The van der Waals surface area contributed by atoms with Crippen LogP contribution in [0.3, 0.4) is 0 Å². The first-order valence-corrected chi connectivity index (χ1v) is 9.69. The fourth-order valence-electron chi connectivity index (χ4n) is 4.83. The lowest BCUT2D eigenvalue weighted by molar-refractivity contribution is 0.0563. The largest absolute Gasteiger partial charge is 0.314 e. The van der Waals surface area contributed by atoms with Gasteiger partial charge in [0.2, 0.25) is 0 Å². The summed E-state index contributed by atoms with van der Waals surface area (Å²) in [6.45, 7) is 15.8. The van der Waals surface area contributed by atoms with E-state index in [1.165, 1.54) is 58.3 Å². The summed E-state index contributed by atoms with van der Waals surface area (Å²) in [5, 5.41) is 3.82. The van der Waals surface area contributed by atoms with Crippen molar-refractivity contribution in [2.45, 2.75) is 77.9 Å². The summed E-state index contributed by atoms with van der Waals surface area (Å²) in [6.07, 6.45) is 7.08. The molecule has 3 heteroatoms. The van der Waals surface area contributed by atoms with E-state index in [0.717, 1.165) is 30.6 Å². The lowest BCUT2D eigenvalue weighted by Gasteiger charge is -2.45. The second-order valence-electron chi connectivity index (χ2n) is 9.08. The first-order valence-electron chi connectivity index (χ1n) is 9.69. The molecule has 0 aromatic carbocycles. The van der Waals surface area contributed by atoms with E-state index in [-0.39, 0.29) is 0 Å². The van der Waals surface area contributed by atoms with Crippen LogP contribution < -0.4 is 5.32 Å². The third kappa shape index (κ3) is 4.04. The van der Waals surface area contributed by atoms with E-state index >= 15 is 0 Å². The van der Waals surface area contributed by atoms with Crippen molar-refractivity contribution in [2.75, 3.05) is 32.7 Å². The van der Waals surface area contributed by atoms with E-state index in [1.54, 1.807) is 0 Å². The molecular weight excluding hydrogens is 270 g/mol. The van der Waals surface area contributed by atoms with Crippen molar-refractivity contribution in [2.24, 2.45) is 11.3 Å². The summed E-state index contributed by atoms with van der Waals surface area (Å²) >= 11 is 0. The highest BCUT2D eigenvalue weighted by atomic mass is 15.2. The van der Waals surface area contributed by atoms with Crippen LogP contribution in [-0.2, 0) is 0 Å². The fourth-order valence-corrected chi connectivity index (χ4v) is 4.83. The molecule has 3 rings (SSSR count). The molecule has 3 unspecified atom stereocenters. The van der Waals surface area contributed by atoms with Gasteiger partial charge < -0.3 is 5.32 Å². The highest BCUT2D eigenvalue weighted by molar-refractivity contribution is 4.99. The molecule has 3 nitrogen and oxygen atoms in total. The highest BCUT2D eigenvalue weighted by Crippen LogP contribution is 2.36. The molecule has 3 aliphatic rings. The Morgan fingerprint density at radius 3 is 2.45 bits per heavy atom. The predicted molar refractivity (Wildman–Crippen MR) is 94.2 cm³/mol. The molecule has 0 spiro atoms. The Morgan fingerprint density at radius 1 is 1.05 bits per heavy atom. The number of rotatable bonds is 5. The molecule has 0 bridgehead atoms. The monoisotopic (exact) mass is 307 g/mol. The van der Waals surface area contributed by atoms with Crippen LogP contribution in [0.25, 0.3) is 0 Å². The molecule has 1 saturated carbocycles. The minimum atomic E-state index is 0.418. The Labute approximate surface area is 137 Å². The van der Waals surface area contributed by atoms with E-state index < -0.39 is 0 Å². The molecule has 128 valence electrons. The average Bonchev–Trinajstić information content (AvgIpc) is 3.20. The van der Waals surface area contributed by atoms with Gasteiger partial charge in [-0.2, -0.15) is 0 Å². The number of piperidine rings is 1. The van der Waals surface area contributed by atoms with E-state index in [0.29, 0.717) is 5.41 Å². The summed E-state index contributed by atoms with van der Waals surface area (Å²) < 4.78 is 0. The molecule has 1 aliphatic carbocycles. The van der Waals surface area contributed by atoms with Crippen molar-refractivity contribution in [3.8, 4) is 0 Å². The molecule has 22 heavy (non-hydrogen) atoms. The summed E-state index contributed by atoms with van der Waals surface area (Å²) in [4.78, 5) is 5.64. The van der Waals surface area contributed by atoms with E-state index in [1.807, 2.05) is 0 Å². The fraction of sp³-hybridized carbons (Fsp3) is 1.00. The van der Waals surface area contributed by atoms with Crippen LogP contribution in [-0.4, -0.2) is 60.6 Å². The predicted octanol–water partition coefficient (Wildman–Crippen LogP) is 2.96. The molecule has 2 heterocycles. The molecule has 2 aliphatic heterocycles. The van der Waals surface area contributed by atoms with Crippen LogP contribution in [0.15, 0.2) is 0 Å². The standard InChI is InChI=1S/C19H37N3/c1-5-20-17-10-12-21(15-8-9-15)13-16(17)18-7-6-11-22(18)14-19(2,3)4/h15-18,20H,5-14H2,1-4H3. The Morgan fingerprint density at radius 2 is 1.82 bits per heavy atom. The van der Waals surface area contributed by atoms with Gasteiger partial charge in [0.1, 0.15) is 0 Å². The first kappa shape index (κ1) is 16.7. The SMILES string of the molecule is CCNC1CCN(C2CC2)CC1C1CCCN1CC(C)(C)C. The molecule has 1 N–H and O–H groups in total. The van der Waals surface area contributed by atoms with Gasteiger partial charge >= 0.3 is 0 Å². The van der Waals surface area contributed by atoms with Crippen molar-refractivity contribution in [1.82, 2.24) is 15.1 Å². The van der Waals surface area contributed by atoms with Gasteiger partial charge in [0, 0.05) is 37.1 Å². The van der Waals surface area contributed by atoms with Crippen molar-refractivity contribution < 1.29 is 0 Å². The highest BCUT2D eigenvalue weighted by Gasteiger charge is 2.42. The molecule has 0 amide bonds. The topological polar surface area (TPSA) is 18.5 Å². The van der Waals surface area contributed by atoms with Gasteiger partial charge in [-0.05, 0) is 57.2 Å². The quantitative estimate of drug-likeness (QED) is 0.842. The lowest BCUT2D eigenvalue weighted by Crippen LogP contribution is -2.56. The molecular formula is C19H37N3. The van der Waals surface area contributed by atoms with Gasteiger partial charge in [-0.3, -0.25) is 9.80 Å². The Hall–Kier alpha value is -0.120. The normalized spacial score (nSPS) is 35.2. The van der Waals surface area contributed by atoms with Crippen molar-refractivity contribution in [3.63, 3.8) is 0 Å². The zero-order valence-electron chi connectivity index (χ0n) is 15.3. The average molecular weight is 308 g/mol. The molecule has 0 aromatic rings. The number of nitrogens with one attached hydrogen (secondary N) is 1. The zero-order chi connectivity index (χ0) is 15.7. The van der Waals surface area contributed by atoms with Crippen LogP contribution in [0.5, 0.6) is 0 Å². The third-order valence-electron chi connectivity index (χ3n) is 5.80. The van der Waals surface area contributed by atoms with E-state index in [9.17, 15) is 0 Å². The number of likely N-dealkylation sites (tertiary alicyclic amines) is 2. The maximum Gasteiger partial charge on any atom is 0.0151 e. The summed E-state index contributed by atoms with van der Waals surface area (Å²) in [5.74, 6) is 0.833. The Balaban J connectivity index is 1.69.